The predicted octanol–water partition coefficient (Wildman–Crippen LogP) is 1.55. The summed E-state index contributed by atoms with van der Waals surface area (Å²) >= 11 is 10.9. The van der Waals surface area contributed by atoms with E-state index in [1.165, 1.54) is 13.8 Å². The van der Waals surface area contributed by atoms with Crippen molar-refractivity contribution in [2.45, 2.75) is 24.8 Å². The van der Waals surface area contributed by atoms with Crippen LogP contribution >= 0.6 is 30.9 Å². The number of nitrogens with zero attached hydrogens (tertiary/aromatic N) is 1. The molecular formula is C4H10Cl2NO3P. The molecule has 0 aliphatic rings. The zero-order chi connectivity index (χ0) is 9.23. The van der Waals surface area contributed by atoms with Gasteiger partial charge < -0.3 is 9.79 Å². The molecular weight excluding hydrogens is 212 g/mol. The van der Waals surface area contributed by atoms with Gasteiger partial charge in [-0.15, -0.1) is 23.2 Å². The monoisotopic (exact) mass is 221 g/mol. The number of halogens is 2. The summed E-state index contributed by atoms with van der Waals surface area (Å²) in [5, 5.41) is 0. The lowest BCUT2D eigenvalue weighted by Crippen LogP contribution is -2.30. The van der Waals surface area contributed by atoms with E-state index in [1.807, 2.05) is 0 Å². The molecule has 2 atom stereocenters. The van der Waals surface area contributed by atoms with Crippen LogP contribution in [0.25, 0.3) is 0 Å². The fourth-order valence-electron chi connectivity index (χ4n) is 0.698. The van der Waals surface area contributed by atoms with Gasteiger partial charge in [-0.3, -0.25) is 0 Å². The van der Waals surface area contributed by atoms with Crippen LogP contribution in [-0.2, 0) is 4.57 Å². The molecule has 0 aromatic heterocycles. The zero-order valence-electron chi connectivity index (χ0n) is 6.11. The Hall–Kier alpha value is 0.690. The van der Waals surface area contributed by atoms with Crippen LogP contribution < -0.4 is 0 Å². The molecule has 2 N–H and O–H groups in total. The maximum Gasteiger partial charge on any atom is 0.405 e. The van der Waals surface area contributed by atoms with E-state index in [0.717, 1.165) is 4.67 Å². The molecule has 0 aromatic carbocycles. The summed E-state index contributed by atoms with van der Waals surface area (Å²) in [7, 11) is -4.32. The lowest BCUT2D eigenvalue weighted by molar-refractivity contribution is 0.258. The molecule has 11 heavy (non-hydrogen) atoms. The smallest absolute Gasteiger partial charge is 0.312 e. The topological polar surface area (TPSA) is 60.8 Å². The van der Waals surface area contributed by atoms with Crippen LogP contribution in [-0.4, -0.2) is 25.5 Å². The summed E-state index contributed by atoms with van der Waals surface area (Å²) in [5.74, 6) is 0. The fourth-order valence-corrected chi connectivity index (χ4v) is 2.60. The van der Waals surface area contributed by atoms with E-state index in [1.54, 1.807) is 0 Å². The van der Waals surface area contributed by atoms with Gasteiger partial charge in [0.1, 0.15) is 0 Å². The van der Waals surface area contributed by atoms with Gasteiger partial charge >= 0.3 is 7.75 Å². The van der Waals surface area contributed by atoms with Crippen LogP contribution in [0.15, 0.2) is 0 Å². The van der Waals surface area contributed by atoms with Crippen LogP contribution in [0.1, 0.15) is 13.8 Å². The van der Waals surface area contributed by atoms with E-state index in [9.17, 15) is 4.57 Å². The molecule has 0 aromatic rings. The second-order valence-corrected chi connectivity index (χ2v) is 4.79. The van der Waals surface area contributed by atoms with Crippen molar-refractivity contribution in [3.05, 3.63) is 0 Å². The Balaban J connectivity index is 4.49. The van der Waals surface area contributed by atoms with E-state index in [4.69, 9.17) is 33.0 Å². The first kappa shape index (κ1) is 11.7. The molecule has 0 aliphatic carbocycles. The largest absolute Gasteiger partial charge is 0.405 e. The Morgan fingerprint density at radius 1 is 1.27 bits per heavy atom. The van der Waals surface area contributed by atoms with Gasteiger partial charge in [-0.2, -0.15) is 4.67 Å². The molecule has 0 spiro atoms. The first-order chi connectivity index (χ1) is 4.76. The highest BCUT2D eigenvalue weighted by Gasteiger charge is 2.32. The SMILES string of the molecule is CC(Cl)N(C(C)Cl)P(=O)(O)O. The predicted molar refractivity (Wildman–Crippen MR) is 44.5 cm³/mol. The maximum absolute atomic E-state index is 10.7. The number of hydrogen-bond donors (Lipinski definition) is 2. The molecule has 0 rings (SSSR count). The van der Waals surface area contributed by atoms with Gasteiger partial charge in [0.15, 0.2) is 0 Å². The van der Waals surface area contributed by atoms with Crippen molar-refractivity contribution in [3.63, 3.8) is 0 Å². The average molecular weight is 222 g/mol. The van der Waals surface area contributed by atoms with Crippen molar-refractivity contribution in [2.24, 2.45) is 0 Å². The Bertz CT molecular complexity index is 161. The molecule has 4 nitrogen and oxygen atoms in total. The normalized spacial score (nSPS) is 18.5. The Morgan fingerprint density at radius 3 is 1.55 bits per heavy atom. The van der Waals surface area contributed by atoms with Crippen LogP contribution in [0.5, 0.6) is 0 Å². The van der Waals surface area contributed by atoms with Gasteiger partial charge in [-0.1, -0.05) is 0 Å². The summed E-state index contributed by atoms with van der Waals surface area (Å²) in [5.41, 5.74) is -1.58. The van der Waals surface area contributed by atoms with Gasteiger partial charge in [-0.05, 0) is 13.8 Å². The highest BCUT2D eigenvalue weighted by atomic mass is 35.5. The molecule has 0 amide bonds. The molecule has 68 valence electrons. The average Bonchev–Trinajstić information content (AvgIpc) is 1.54. The van der Waals surface area contributed by atoms with E-state index in [2.05, 4.69) is 0 Å². The van der Waals surface area contributed by atoms with Crippen LogP contribution in [0.2, 0.25) is 0 Å². The first-order valence-electron chi connectivity index (χ1n) is 2.89. The Morgan fingerprint density at radius 2 is 1.55 bits per heavy atom. The van der Waals surface area contributed by atoms with Gasteiger partial charge in [0.25, 0.3) is 0 Å². The molecule has 0 aliphatic heterocycles. The van der Waals surface area contributed by atoms with Crippen LogP contribution in [0, 0.1) is 0 Å². The zero-order valence-corrected chi connectivity index (χ0v) is 8.51. The summed E-state index contributed by atoms with van der Waals surface area (Å²) in [6.07, 6.45) is 0. The molecule has 0 radical (unpaired) electrons. The Kier molecular flexibility index (Phi) is 4.33. The third-order valence-electron chi connectivity index (χ3n) is 1.03. The number of alkyl halides is 2. The van der Waals surface area contributed by atoms with Crippen molar-refractivity contribution < 1.29 is 14.4 Å². The lowest BCUT2D eigenvalue weighted by Gasteiger charge is -2.27. The highest BCUT2D eigenvalue weighted by molar-refractivity contribution is 7.49. The van der Waals surface area contributed by atoms with Crippen molar-refractivity contribution in [2.75, 3.05) is 0 Å². The van der Waals surface area contributed by atoms with E-state index < -0.39 is 18.7 Å². The molecule has 7 heteroatoms. The van der Waals surface area contributed by atoms with Crippen molar-refractivity contribution in [3.8, 4) is 0 Å². The van der Waals surface area contributed by atoms with Crippen molar-refractivity contribution >= 4 is 30.9 Å². The number of rotatable bonds is 3. The molecule has 0 saturated heterocycles. The van der Waals surface area contributed by atoms with E-state index in [-0.39, 0.29) is 0 Å². The van der Waals surface area contributed by atoms with E-state index in [0.29, 0.717) is 0 Å². The first-order valence-corrected chi connectivity index (χ1v) is 5.33. The van der Waals surface area contributed by atoms with Crippen molar-refractivity contribution in [1.29, 1.82) is 0 Å². The molecule has 0 fully saturated rings. The minimum atomic E-state index is -4.32. The van der Waals surface area contributed by atoms with Gasteiger partial charge in [0, 0.05) is 0 Å². The summed E-state index contributed by atoms with van der Waals surface area (Å²) in [6.45, 7) is 2.89. The second kappa shape index (κ2) is 4.08. The Labute approximate surface area is 75.3 Å². The lowest BCUT2D eigenvalue weighted by atomic mass is 10.6. The van der Waals surface area contributed by atoms with Crippen molar-refractivity contribution in [1.82, 2.24) is 4.67 Å². The van der Waals surface area contributed by atoms with Gasteiger partial charge in [0.05, 0.1) is 11.0 Å². The maximum atomic E-state index is 10.7. The number of hydrogen-bond acceptors (Lipinski definition) is 1. The van der Waals surface area contributed by atoms with E-state index >= 15 is 0 Å². The minimum Gasteiger partial charge on any atom is -0.312 e. The summed E-state index contributed by atoms with van der Waals surface area (Å²) < 4.78 is 11.4. The quantitative estimate of drug-likeness (QED) is 0.432. The molecule has 0 bridgehead atoms. The van der Waals surface area contributed by atoms with Gasteiger partial charge in [-0.25, -0.2) is 4.57 Å². The summed E-state index contributed by atoms with van der Waals surface area (Å²) in [4.78, 5) is 17.4. The highest BCUT2D eigenvalue weighted by Crippen LogP contribution is 2.44. The molecule has 2 unspecified atom stereocenters. The van der Waals surface area contributed by atoms with Crippen LogP contribution in [0.3, 0.4) is 0 Å². The molecule has 0 heterocycles. The van der Waals surface area contributed by atoms with Crippen LogP contribution in [0.4, 0.5) is 0 Å². The second-order valence-electron chi connectivity index (χ2n) is 2.04. The third-order valence-corrected chi connectivity index (χ3v) is 3.02. The minimum absolute atomic E-state index is 0.718. The standard InChI is InChI=1S/C4H10Cl2NO3P/c1-3(5)7(4(2)6)11(8,9)10/h3-4H,1-2H3,(H2,8,9,10). The molecule has 0 saturated carbocycles. The fraction of sp³-hybridized carbons (Fsp3) is 1.00. The van der Waals surface area contributed by atoms with Gasteiger partial charge in [0.2, 0.25) is 0 Å². The summed E-state index contributed by atoms with van der Waals surface area (Å²) in [6, 6.07) is 0. The third kappa shape index (κ3) is 3.74.